The maximum absolute atomic E-state index is 13.1. The van der Waals surface area contributed by atoms with Crippen LogP contribution >= 0.6 is 0 Å². The zero-order valence-corrected chi connectivity index (χ0v) is 29.1. The lowest BCUT2D eigenvalue weighted by molar-refractivity contribution is -0.124. The van der Waals surface area contributed by atoms with E-state index in [0.717, 1.165) is 16.8 Å². The van der Waals surface area contributed by atoms with Gasteiger partial charge in [0.15, 0.2) is 0 Å². The highest BCUT2D eigenvalue weighted by Crippen LogP contribution is 2.24. The molecule has 0 spiro atoms. The van der Waals surface area contributed by atoms with Crippen LogP contribution in [0.4, 0.5) is 9.59 Å². The molecule has 4 amide bonds. The monoisotopic (exact) mass is 730 g/mol. The van der Waals surface area contributed by atoms with Crippen molar-refractivity contribution in [2.45, 2.75) is 44.2 Å². The fourth-order valence-corrected chi connectivity index (χ4v) is 5.87. The van der Waals surface area contributed by atoms with Crippen molar-refractivity contribution in [2.75, 3.05) is 0 Å². The Morgan fingerprint density at radius 3 is 1.70 bits per heavy atom. The van der Waals surface area contributed by atoms with Crippen LogP contribution in [0.25, 0.3) is 28.3 Å². The first-order valence-corrected chi connectivity index (χ1v) is 17.0. The van der Waals surface area contributed by atoms with E-state index in [1.165, 1.54) is 0 Å². The molecule has 4 heterocycles. The summed E-state index contributed by atoms with van der Waals surface area (Å²) in [6, 6.07) is 21.6. The first kappa shape index (κ1) is 36.6. The summed E-state index contributed by atoms with van der Waals surface area (Å²) < 4.78 is 0. The summed E-state index contributed by atoms with van der Waals surface area (Å²) in [7, 11) is 0. The van der Waals surface area contributed by atoms with E-state index < -0.39 is 48.2 Å². The second-order valence-corrected chi connectivity index (χ2v) is 12.5. The number of aromatic nitrogens is 4. The molecule has 1 aliphatic rings. The number of pyridine rings is 2. The van der Waals surface area contributed by atoms with Crippen LogP contribution in [-0.2, 0) is 9.59 Å². The summed E-state index contributed by atoms with van der Waals surface area (Å²) in [6.07, 6.45) is 3.85. The largest absolute Gasteiger partial charge is 0.465 e. The van der Waals surface area contributed by atoms with Gasteiger partial charge in [0, 0.05) is 29.7 Å². The van der Waals surface area contributed by atoms with Crippen LogP contribution < -0.4 is 31.9 Å². The molecule has 5 atom stereocenters. The minimum absolute atomic E-state index is 0.360. The SMILES string of the molecule is C[C@H](NC(=O)[C@H](NC(=O)O)c1ccccc1)c1ncc(-c2ccc(-c3ccc(C4=CNC([C@H](C)NC(=O)[C@H](NC(=O)O)c5ccccc5)N4)cn3)nc2)[nH]1. The van der Waals surface area contributed by atoms with Gasteiger partial charge in [0.05, 0.1) is 41.1 Å². The number of carbonyl (C=O) groups excluding carboxylic acids is 2. The molecule has 6 rings (SSSR count). The summed E-state index contributed by atoms with van der Waals surface area (Å²) in [6.45, 7) is 3.56. The second-order valence-electron chi connectivity index (χ2n) is 12.5. The number of amides is 4. The van der Waals surface area contributed by atoms with Gasteiger partial charge in [0.25, 0.3) is 0 Å². The Hall–Kier alpha value is -7.23. The van der Waals surface area contributed by atoms with Crippen molar-refractivity contribution in [1.29, 1.82) is 0 Å². The molecule has 0 radical (unpaired) electrons. The maximum atomic E-state index is 13.1. The number of nitrogens with one attached hydrogen (secondary N) is 7. The van der Waals surface area contributed by atoms with Gasteiger partial charge in [-0.05, 0) is 49.2 Å². The molecule has 5 aromatic rings. The Labute approximate surface area is 309 Å². The molecule has 0 bridgehead atoms. The fourth-order valence-electron chi connectivity index (χ4n) is 5.87. The Morgan fingerprint density at radius 2 is 1.19 bits per heavy atom. The first-order valence-electron chi connectivity index (χ1n) is 17.0. The number of imidazole rings is 1. The molecule has 2 aromatic carbocycles. The average molecular weight is 731 g/mol. The standard InChI is InChI=1S/C38H38N10O6/c1-21(43-35(49)31(47-37(51)52)23-9-5-3-6-10-23)33-41-19-29(45-33)25-13-15-27(39-17-25)28-16-14-26(18-40-28)30-20-42-34(46-30)22(2)44-36(50)32(48-38(53)54)24-11-7-4-8-12-24/h3-22,31-33,41,45,47-48H,1-2H3,(H,42,46)(H,43,49)(H,44,50)(H,51,52)(H,53,54)/t21-,22-,31+,32+,33?/m0/s1. The van der Waals surface area contributed by atoms with Gasteiger partial charge in [-0.25, -0.2) is 14.6 Å². The second kappa shape index (κ2) is 16.4. The van der Waals surface area contributed by atoms with E-state index in [1.807, 2.05) is 31.2 Å². The molecule has 16 nitrogen and oxygen atoms in total. The smallest absolute Gasteiger partial charge is 0.405 e. The molecule has 9 N–H and O–H groups in total. The summed E-state index contributed by atoms with van der Waals surface area (Å²) in [5.41, 5.74) is 5.34. The van der Waals surface area contributed by atoms with Crippen molar-refractivity contribution >= 4 is 29.7 Å². The molecule has 276 valence electrons. The molecule has 16 heteroatoms. The number of hydrogen-bond acceptors (Lipinski definition) is 9. The average Bonchev–Trinajstić information content (AvgIpc) is 3.88. The lowest BCUT2D eigenvalue weighted by Crippen LogP contribution is -2.53. The number of aromatic amines is 1. The van der Waals surface area contributed by atoms with Crippen LogP contribution in [0.2, 0.25) is 0 Å². The molecule has 1 aliphatic heterocycles. The van der Waals surface area contributed by atoms with Gasteiger partial charge in [-0.2, -0.15) is 0 Å². The topological polar surface area (TPSA) is 235 Å². The predicted molar refractivity (Wildman–Crippen MR) is 198 cm³/mol. The van der Waals surface area contributed by atoms with Gasteiger partial charge < -0.3 is 47.1 Å². The lowest BCUT2D eigenvalue weighted by Gasteiger charge is -2.25. The van der Waals surface area contributed by atoms with Gasteiger partial charge in [-0.3, -0.25) is 19.6 Å². The Balaban J connectivity index is 1.03. The number of nitrogens with zero attached hydrogens (tertiary/aromatic N) is 3. The third-order valence-corrected chi connectivity index (χ3v) is 8.69. The summed E-state index contributed by atoms with van der Waals surface area (Å²) in [4.78, 5) is 65.7. The Bertz CT molecular complexity index is 2130. The molecule has 0 fully saturated rings. The summed E-state index contributed by atoms with van der Waals surface area (Å²) in [5.74, 6) is -0.511. The van der Waals surface area contributed by atoms with E-state index in [4.69, 9.17) is 0 Å². The molecule has 0 saturated carbocycles. The van der Waals surface area contributed by atoms with Crippen molar-refractivity contribution in [1.82, 2.24) is 51.8 Å². The lowest BCUT2D eigenvalue weighted by atomic mass is 10.1. The van der Waals surface area contributed by atoms with Gasteiger partial charge in [-0.15, -0.1) is 0 Å². The quantitative estimate of drug-likeness (QED) is 0.0838. The Morgan fingerprint density at radius 1 is 0.648 bits per heavy atom. The van der Waals surface area contributed by atoms with Crippen LogP contribution in [0.5, 0.6) is 0 Å². The normalized spacial score (nSPS) is 15.6. The minimum Gasteiger partial charge on any atom is -0.465 e. The number of benzene rings is 2. The molecular weight excluding hydrogens is 692 g/mol. The van der Waals surface area contributed by atoms with Gasteiger partial charge in [0.2, 0.25) is 11.8 Å². The van der Waals surface area contributed by atoms with Gasteiger partial charge in [-0.1, -0.05) is 60.7 Å². The van der Waals surface area contributed by atoms with E-state index in [-0.39, 0.29) is 6.17 Å². The minimum atomic E-state index is -1.31. The molecule has 1 unspecified atom stereocenters. The van der Waals surface area contributed by atoms with Crippen molar-refractivity contribution in [3.05, 3.63) is 132 Å². The van der Waals surface area contributed by atoms with E-state index in [9.17, 15) is 29.4 Å². The first-order chi connectivity index (χ1) is 26.0. The van der Waals surface area contributed by atoms with Gasteiger partial charge >= 0.3 is 12.2 Å². The van der Waals surface area contributed by atoms with Crippen molar-refractivity contribution in [3.8, 4) is 22.6 Å². The fraction of sp³-hybridized carbons (Fsp3) is 0.184. The van der Waals surface area contributed by atoms with Crippen LogP contribution in [0.3, 0.4) is 0 Å². The number of hydrogen-bond donors (Lipinski definition) is 9. The third kappa shape index (κ3) is 8.79. The molecule has 3 aromatic heterocycles. The zero-order chi connectivity index (χ0) is 38.2. The number of carboxylic acid groups (broad SMARTS) is 2. The zero-order valence-electron chi connectivity index (χ0n) is 29.1. The molecule has 0 aliphatic carbocycles. The highest BCUT2D eigenvalue weighted by molar-refractivity contribution is 5.87. The highest BCUT2D eigenvalue weighted by atomic mass is 16.4. The van der Waals surface area contributed by atoms with Crippen molar-refractivity contribution < 1.29 is 29.4 Å². The predicted octanol–water partition coefficient (Wildman–Crippen LogP) is 4.05. The highest BCUT2D eigenvalue weighted by Gasteiger charge is 2.29. The van der Waals surface area contributed by atoms with Crippen LogP contribution in [0, 0.1) is 0 Å². The Kier molecular flexibility index (Phi) is 11.1. The molecular formula is C38H38N10O6. The number of H-pyrrole nitrogens is 1. The van der Waals surface area contributed by atoms with Crippen molar-refractivity contribution in [3.63, 3.8) is 0 Å². The van der Waals surface area contributed by atoms with E-state index >= 15 is 0 Å². The summed E-state index contributed by atoms with van der Waals surface area (Å²) in [5, 5.41) is 35.4. The number of carbonyl (C=O) groups is 4. The number of rotatable bonds is 13. The van der Waals surface area contributed by atoms with E-state index in [2.05, 4.69) is 51.8 Å². The molecule has 0 saturated heterocycles. The van der Waals surface area contributed by atoms with Gasteiger partial charge in [0.1, 0.15) is 24.1 Å². The maximum Gasteiger partial charge on any atom is 0.405 e. The van der Waals surface area contributed by atoms with E-state index in [0.29, 0.717) is 34.0 Å². The van der Waals surface area contributed by atoms with Crippen LogP contribution in [0.15, 0.2) is 110 Å². The molecule has 54 heavy (non-hydrogen) atoms. The van der Waals surface area contributed by atoms with Crippen molar-refractivity contribution in [2.24, 2.45) is 0 Å². The van der Waals surface area contributed by atoms with Crippen LogP contribution in [0.1, 0.15) is 54.5 Å². The van der Waals surface area contributed by atoms with E-state index in [1.54, 1.807) is 92.4 Å². The summed E-state index contributed by atoms with van der Waals surface area (Å²) >= 11 is 0. The third-order valence-electron chi connectivity index (χ3n) is 8.69. The van der Waals surface area contributed by atoms with Crippen LogP contribution in [-0.4, -0.2) is 66.4 Å².